The highest BCUT2D eigenvalue weighted by molar-refractivity contribution is 7.98. The summed E-state index contributed by atoms with van der Waals surface area (Å²) >= 11 is 7.29. The Balaban J connectivity index is 1.44. The zero-order valence-corrected chi connectivity index (χ0v) is 15.4. The highest BCUT2D eigenvalue weighted by Gasteiger charge is 2.13. The molecule has 0 radical (unpaired) electrons. The molecule has 0 N–H and O–H groups in total. The largest absolute Gasteiger partial charge is 0.440 e. The first kappa shape index (κ1) is 16.9. The molecule has 0 saturated heterocycles. The van der Waals surface area contributed by atoms with Crippen molar-refractivity contribution in [1.82, 2.24) is 15.2 Å². The van der Waals surface area contributed by atoms with Gasteiger partial charge in [-0.15, -0.1) is 10.2 Å². The van der Waals surface area contributed by atoms with E-state index in [1.807, 2.05) is 55.5 Å². The second-order valence-corrected chi connectivity index (χ2v) is 6.96. The highest BCUT2D eigenvalue weighted by atomic mass is 35.5. The molecule has 2 heterocycles. The van der Waals surface area contributed by atoms with Crippen LogP contribution in [0.25, 0.3) is 22.8 Å². The fourth-order valence-corrected chi connectivity index (χ4v) is 3.18. The van der Waals surface area contributed by atoms with Crippen LogP contribution in [-0.4, -0.2) is 15.2 Å². The molecular weight excluding hydrogens is 370 g/mol. The molecule has 0 fully saturated rings. The van der Waals surface area contributed by atoms with Crippen LogP contribution in [0.4, 0.5) is 0 Å². The number of thioether (sulfide) groups is 1. The van der Waals surface area contributed by atoms with Gasteiger partial charge in [0.1, 0.15) is 0 Å². The minimum absolute atomic E-state index is 0.481. The fourth-order valence-electron chi connectivity index (χ4n) is 2.44. The molecule has 0 spiro atoms. The minimum Gasteiger partial charge on any atom is -0.440 e. The second-order valence-electron chi connectivity index (χ2n) is 5.60. The molecule has 0 unspecified atom stereocenters. The first-order valence-electron chi connectivity index (χ1n) is 7.92. The Morgan fingerprint density at radius 1 is 1.00 bits per heavy atom. The molecule has 0 amide bonds. The van der Waals surface area contributed by atoms with Gasteiger partial charge in [-0.2, -0.15) is 0 Å². The Labute approximate surface area is 159 Å². The molecule has 2 aromatic heterocycles. The summed E-state index contributed by atoms with van der Waals surface area (Å²) in [5, 5.41) is 9.37. The maximum absolute atomic E-state index is 5.91. The number of nitrogens with zero attached hydrogens (tertiary/aromatic N) is 3. The summed E-state index contributed by atoms with van der Waals surface area (Å²) in [6, 6.07) is 15.3. The van der Waals surface area contributed by atoms with Gasteiger partial charge in [0.15, 0.2) is 5.76 Å². The first-order chi connectivity index (χ1) is 12.7. The molecule has 0 atom stereocenters. The number of halogens is 1. The van der Waals surface area contributed by atoms with E-state index in [4.69, 9.17) is 20.4 Å². The van der Waals surface area contributed by atoms with Gasteiger partial charge in [0.05, 0.1) is 11.9 Å². The van der Waals surface area contributed by atoms with E-state index in [0.717, 1.165) is 16.7 Å². The van der Waals surface area contributed by atoms with Gasteiger partial charge in [-0.1, -0.05) is 41.6 Å². The summed E-state index contributed by atoms with van der Waals surface area (Å²) in [6.07, 6.45) is 1.70. The van der Waals surface area contributed by atoms with E-state index in [1.165, 1.54) is 11.8 Å². The van der Waals surface area contributed by atoms with Gasteiger partial charge in [0, 0.05) is 16.1 Å². The lowest BCUT2D eigenvalue weighted by molar-refractivity contribution is 0.464. The monoisotopic (exact) mass is 383 g/mol. The number of aryl methyl sites for hydroxylation is 1. The molecule has 26 heavy (non-hydrogen) atoms. The molecule has 0 bridgehead atoms. The van der Waals surface area contributed by atoms with E-state index < -0.39 is 0 Å². The van der Waals surface area contributed by atoms with E-state index >= 15 is 0 Å². The summed E-state index contributed by atoms with van der Waals surface area (Å²) in [4.78, 5) is 4.30. The van der Waals surface area contributed by atoms with Crippen molar-refractivity contribution in [2.75, 3.05) is 0 Å². The third-order valence-electron chi connectivity index (χ3n) is 3.78. The average molecular weight is 384 g/mol. The number of rotatable bonds is 5. The average Bonchev–Trinajstić information content (AvgIpc) is 3.30. The SMILES string of the molecule is Cc1ccccc1-c1nnc(SCc2ncc(-c3ccc(Cl)cc3)o2)o1. The van der Waals surface area contributed by atoms with Gasteiger partial charge in [-0.3, -0.25) is 0 Å². The van der Waals surface area contributed by atoms with Gasteiger partial charge in [0.25, 0.3) is 5.22 Å². The smallest absolute Gasteiger partial charge is 0.277 e. The van der Waals surface area contributed by atoms with Crippen molar-refractivity contribution in [2.45, 2.75) is 17.9 Å². The molecule has 4 aromatic rings. The second kappa shape index (κ2) is 7.35. The molecule has 2 aromatic carbocycles. The molecule has 5 nitrogen and oxygen atoms in total. The maximum Gasteiger partial charge on any atom is 0.277 e. The van der Waals surface area contributed by atoms with Crippen LogP contribution in [0, 0.1) is 6.92 Å². The van der Waals surface area contributed by atoms with E-state index in [-0.39, 0.29) is 0 Å². The molecular formula is C19H14ClN3O2S. The maximum atomic E-state index is 5.91. The zero-order valence-electron chi connectivity index (χ0n) is 13.8. The van der Waals surface area contributed by atoms with Crippen molar-refractivity contribution in [3.8, 4) is 22.8 Å². The van der Waals surface area contributed by atoms with Crippen molar-refractivity contribution in [3.05, 3.63) is 71.2 Å². The molecule has 4 rings (SSSR count). The minimum atomic E-state index is 0.481. The number of aromatic nitrogens is 3. The van der Waals surface area contributed by atoms with Crippen molar-refractivity contribution >= 4 is 23.4 Å². The van der Waals surface area contributed by atoms with Crippen molar-refractivity contribution in [3.63, 3.8) is 0 Å². The van der Waals surface area contributed by atoms with Crippen molar-refractivity contribution in [1.29, 1.82) is 0 Å². The van der Waals surface area contributed by atoms with E-state index in [2.05, 4.69) is 15.2 Å². The zero-order chi connectivity index (χ0) is 17.9. The van der Waals surface area contributed by atoms with Gasteiger partial charge >= 0.3 is 0 Å². The fraction of sp³-hybridized carbons (Fsp3) is 0.105. The Morgan fingerprint density at radius 2 is 1.81 bits per heavy atom. The summed E-state index contributed by atoms with van der Waals surface area (Å²) in [7, 11) is 0. The molecule has 0 aliphatic carbocycles. The Kier molecular flexibility index (Phi) is 4.77. The van der Waals surface area contributed by atoms with E-state index in [0.29, 0.717) is 33.5 Å². The van der Waals surface area contributed by atoms with Gasteiger partial charge in [-0.25, -0.2) is 4.98 Å². The lowest BCUT2D eigenvalue weighted by Crippen LogP contribution is -1.81. The predicted molar refractivity (Wildman–Crippen MR) is 101 cm³/mol. The van der Waals surface area contributed by atoms with Crippen LogP contribution >= 0.6 is 23.4 Å². The van der Waals surface area contributed by atoms with Crippen LogP contribution in [-0.2, 0) is 5.75 Å². The van der Waals surface area contributed by atoms with Crippen LogP contribution < -0.4 is 0 Å². The lowest BCUT2D eigenvalue weighted by Gasteiger charge is -1.98. The van der Waals surface area contributed by atoms with Crippen molar-refractivity contribution < 1.29 is 8.83 Å². The number of hydrogen-bond donors (Lipinski definition) is 0. The van der Waals surface area contributed by atoms with E-state index in [9.17, 15) is 0 Å². The predicted octanol–water partition coefficient (Wildman–Crippen LogP) is 5.65. The first-order valence-corrected chi connectivity index (χ1v) is 9.28. The summed E-state index contributed by atoms with van der Waals surface area (Å²) in [5.41, 5.74) is 2.96. The Hall–Kier alpha value is -2.57. The van der Waals surface area contributed by atoms with Gasteiger partial charge < -0.3 is 8.83 Å². The molecule has 0 aliphatic rings. The van der Waals surface area contributed by atoms with Gasteiger partial charge in [0.2, 0.25) is 11.8 Å². The number of oxazole rings is 1. The standard InChI is InChI=1S/C19H14ClN3O2S/c1-12-4-2-3-5-15(12)18-22-23-19(25-18)26-11-17-21-10-16(24-17)13-6-8-14(20)9-7-13/h2-10H,11H2,1H3. The molecule has 7 heteroatoms. The normalized spacial score (nSPS) is 11.0. The summed E-state index contributed by atoms with van der Waals surface area (Å²) in [6.45, 7) is 2.01. The Bertz CT molecular complexity index is 1030. The highest BCUT2D eigenvalue weighted by Crippen LogP contribution is 2.28. The topological polar surface area (TPSA) is 65.0 Å². The lowest BCUT2D eigenvalue weighted by atomic mass is 10.1. The van der Waals surface area contributed by atoms with Crippen LogP contribution in [0.5, 0.6) is 0 Å². The molecule has 130 valence electrons. The van der Waals surface area contributed by atoms with Crippen molar-refractivity contribution in [2.24, 2.45) is 0 Å². The van der Waals surface area contributed by atoms with Crippen LogP contribution in [0.15, 0.2) is 68.8 Å². The summed E-state index contributed by atoms with van der Waals surface area (Å²) < 4.78 is 11.5. The number of benzene rings is 2. The molecule has 0 aliphatic heterocycles. The van der Waals surface area contributed by atoms with E-state index in [1.54, 1.807) is 6.20 Å². The quantitative estimate of drug-likeness (QED) is 0.415. The third kappa shape index (κ3) is 3.66. The van der Waals surface area contributed by atoms with Gasteiger partial charge in [-0.05, 0) is 42.8 Å². The third-order valence-corrected chi connectivity index (χ3v) is 4.84. The summed E-state index contributed by atoms with van der Waals surface area (Å²) in [5.74, 6) is 2.31. The molecule has 0 saturated carbocycles. The Morgan fingerprint density at radius 3 is 2.62 bits per heavy atom. The number of hydrogen-bond acceptors (Lipinski definition) is 6. The van der Waals surface area contributed by atoms with Crippen LogP contribution in [0.2, 0.25) is 5.02 Å². The van der Waals surface area contributed by atoms with Crippen LogP contribution in [0.1, 0.15) is 11.5 Å². The van der Waals surface area contributed by atoms with Crippen LogP contribution in [0.3, 0.4) is 0 Å².